The summed E-state index contributed by atoms with van der Waals surface area (Å²) in [6, 6.07) is 8.42. The van der Waals surface area contributed by atoms with E-state index in [0.29, 0.717) is 5.69 Å². The average molecular weight is 289 g/mol. The zero-order valence-electron chi connectivity index (χ0n) is 11.2. The van der Waals surface area contributed by atoms with Gasteiger partial charge in [0.25, 0.3) is 5.91 Å². The quantitative estimate of drug-likeness (QED) is 0.691. The summed E-state index contributed by atoms with van der Waals surface area (Å²) >= 11 is 0. The Balaban J connectivity index is 2.07. The number of nitrogens with one attached hydrogen (secondary N) is 1. The lowest BCUT2D eigenvalue weighted by Gasteiger charge is -2.05. The highest BCUT2D eigenvalue weighted by molar-refractivity contribution is 5.94. The molecule has 0 radical (unpaired) electrons. The molecule has 1 aromatic carbocycles. The maximum absolute atomic E-state index is 13.4. The molecule has 108 valence electrons. The molecule has 0 saturated heterocycles. The molecule has 6 nitrogen and oxygen atoms in total. The van der Waals surface area contributed by atoms with E-state index in [4.69, 9.17) is 0 Å². The maximum atomic E-state index is 13.4. The summed E-state index contributed by atoms with van der Waals surface area (Å²) in [6.45, 7) is 2.02. The molecular formula is C14H12FN3O3. The molecular weight excluding hydrogens is 277 g/mol. The molecule has 0 aliphatic heterocycles. The Morgan fingerprint density at radius 2 is 2.14 bits per heavy atom. The molecule has 0 fully saturated rings. The van der Waals surface area contributed by atoms with Crippen LogP contribution in [-0.2, 0) is 6.54 Å². The van der Waals surface area contributed by atoms with E-state index < -0.39 is 22.3 Å². The van der Waals surface area contributed by atoms with Crippen LogP contribution >= 0.6 is 0 Å². The van der Waals surface area contributed by atoms with Crippen LogP contribution in [0.15, 0.2) is 36.4 Å². The van der Waals surface area contributed by atoms with Crippen molar-refractivity contribution in [2.75, 3.05) is 0 Å². The van der Waals surface area contributed by atoms with Gasteiger partial charge in [-0.25, -0.2) is 0 Å². The molecule has 0 unspecified atom stereocenters. The Bertz CT molecular complexity index is 704. The van der Waals surface area contributed by atoms with Crippen LogP contribution in [0.5, 0.6) is 0 Å². The second kappa shape index (κ2) is 6.08. The number of aryl methyl sites for hydroxylation is 1. The normalized spacial score (nSPS) is 10.2. The van der Waals surface area contributed by atoms with Gasteiger partial charge in [0.05, 0.1) is 17.2 Å². The van der Waals surface area contributed by atoms with Crippen molar-refractivity contribution >= 4 is 11.6 Å². The Morgan fingerprint density at radius 3 is 2.76 bits per heavy atom. The summed E-state index contributed by atoms with van der Waals surface area (Å²) in [5.41, 5.74) is 0.853. The number of rotatable bonds is 4. The van der Waals surface area contributed by atoms with Crippen LogP contribution < -0.4 is 5.32 Å². The number of carbonyl (C=O) groups excluding carboxylic acids is 1. The predicted octanol–water partition coefficient (Wildman–Crippen LogP) is 2.37. The van der Waals surface area contributed by atoms with Crippen molar-refractivity contribution < 1.29 is 14.1 Å². The van der Waals surface area contributed by atoms with Gasteiger partial charge in [0.15, 0.2) is 0 Å². The third-order valence-corrected chi connectivity index (χ3v) is 2.78. The highest BCUT2D eigenvalue weighted by atomic mass is 19.1. The summed E-state index contributed by atoms with van der Waals surface area (Å²) in [6.07, 6.45) is 0. The Morgan fingerprint density at radius 1 is 1.38 bits per heavy atom. The third kappa shape index (κ3) is 3.59. The van der Waals surface area contributed by atoms with E-state index in [1.54, 1.807) is 6.07 Å². The van der Waals surface area contributed by atoms with E-state index in [0.717, 1.165) is 17.8 Å². The van der Waals surface area contributed by atoms with Gasteiger partial charge >= 0.3 is 5.69 Å². The minimum atomic E-state index is -1.04. The van der Waals surface area contributed by atoms with E-state index in [9.17, 15) is 19.3 Å². The number of nitro groups is 1. The fraction of sp³-hybridized carbons (Fsp3) is 0.143. The van der Waals surface area contributed by atoms with Crippen LogP contribution in [-0.4, -0.2) is 15.8 Å². The van der Waals surface area contributed by atoms with Crippen LogP contribution in [0.1, 0.15) is 21.7 Å². The largest absolute Gasteiger partial charge is 0.346 e. The molecule has 1 N–H and O–H groups in total. The minimum absolute atomic E-state index is 0.0192. The van der Waals surface area contributed by atoms with Gasteiger partial charge < -0.3 is 5.32 Å². The Kier molecular flexibility index (Phi) is 4.22. The molecule has 0 atom stereocenters. The molecule has 0 spiro atoms. The first-order valence-corrected chi connectivity index (χ1v) is 6.12. The number of carbonyl (C=O) groups is 1. The number of hydrogen-bond acceptors (Lipinski definition) is 4. The summed E-state index contributed by atoms with van der Waals surface area (Å²) < 4.78 is 13.4. The average Bonchev–Trinajstić information content (AvgIpc) is 2.44. The summed E-state index contributed by atoms with van der Waals surface area (Å²) in [5, 5.41) is 13.1. The fourth-order valence-electron chi connectivity index (χ4n) is 1.77. The first-order valence-electron chi connectivity index (χ1n) is 6.12. The van der Waals surface area contributed by atoms with Crippen molar-refractivity contribution in [3.63, 3.8) is 0 Å². The molecule has 0 bridgehead atoms. The first kappa shape index (κ1) is 14.6. The number of amides is 1. The van der Waals surface area contributed by atoms with Crippen LogP contribution in [0.3, 0.4) is 0 Å². The smallest absolute Gasteiger partial charge is 0.304 e. The molecule has 1 aromatic heterocycles. The fourth-order valence-corrected chi connectivity index (χ4v) is 1.77. The van der Waals surface area contributed by atoms with Crippen molar-refractivity contribution in [3.8, 4) is 0 Å². The summed E-state index contributed by atoms with van der Waals surface area (Å²) in [7, 11) is 0. The van der Waals surface area contributed by atoms with Gasteiger partial charge in [-0.3, -0.25) is 19.9 Å². The highest BCUT2D eigenvalue weighted by Crippen LogP contribution is 2.17. The monoisotopic (exact) mass is 289 g/mol. The van der Waals surface area contributed by atoms with Gasteiger partial charge in [0.1, 0.15) is 0 Å². The van der Waals surface area contributed by atoms with Gasteiger partial charge in [-0.1, -0.05) is 6.07 Å². The molecule has 0 aliphatic carbocycles. The third-order valence-electron chi connectivity index (χ3n) is 2.78. The molecule has 1 amide bonds. The predicted molar refractivity (Wildman–Crippen MR) is 73.2 cm³/mol. The lowest BCUT2D eigenvalue weighted by molar-refractivity contribution is -0.387. The van der Waals surface area contributed by atoms with Crippen molar-refractivity contribution in [3.05, 3.63) is 69.3 Å². The SMILES string of the molecule is Cc1cccc(CNC(=O)c2ccc([N+](=O)[O-])c(F)c2)n1. The number of nitrogens with zero attached hydrogens (tertiary/aromatic N) is 2. The minimum Gasteiger partial charge on any atom is -0.346 e. The van der Waals surface area contributed by atoms with E-state index in [2.05, 4.69) is 10.3 Å². The second-order valence-corrected chi connectivity index (χ2v) is 4.38. The van der Waals surface area contributed by atoms with Gasteiger partial charge in [0, 0.05) is 17.3 Å². The topological polar surface area (TPSA) is 85.1 Å². The van der Waals surface area contributed by atoms with Crippen molar-refractivity contribution in [2.24, 2.45) is 0 Å². The molecule has 0 saturated carbocycles. The van der Waals surface area contributed by atoms with Gasteiger partial charge in [-0.05, 0) is 31.2 Å². The number of nitro benzene ring substituents is 1. The van der Waals surface area contributed by atoms with E-state index in [-0.39, 0.29) is 12.1 Å². The molecule has 21 heavy (non-hydrogen) atoms. The zero-order chi connectivity index (χ0) is 15.4. The van der Waals surface area contributed by atoms with Gasteiger partial charge in [0.2, 0.25) is 5.82 Å². The van der Waals surface area contributed by atoms with E-state index in [1.165, 1.54) is 6.07 Å². The highest BCUT2D eigenvalue weighted by Gasteiger charge is 2.16. The summed E-state index contributed by atoms with van der Waals surface area (Å²) in [5.74, 6) is -1.56. The second-order valence-electron chi connectivity index (χ2n) is 4.38. The zero-order valence-corrected chi connectivity index (χ0v) is 11.2. The standard InChI is InChI=1S/C14H12FN3O3/c1-9-3-2-4-11(17-9)8-16-14(19)10-5-6-13(18(20)21)12(15)7-10/h2-7H,8H2,1H3,(H,16,19). The molecule has 0 aliphatic rings. The Hall–Kier alpha value is -2.83. The molecule has 2 rings (SSSR count). The van der Waals surface area contributed by atoms with Gasteiger partial charge in [-0.2, -0.15) is 4.39 Å². The lowest BCUT2D eigenvalue weighted by atomic mass is 10.2. The Labute approximate surface area is 119 Å². The van der Waals surface area contributed by atoms with Crippen LogP contribution in [0.25, 0.3) is 0 Å². The number of pyridine rings is 1. The van der Waals surface area contributed by atoms with Crippen LogP contribution in [0.4, 0.5) is 10.1 Å². The van der Waals surface area contributed by atoms with Crippen molar-refractivity contribution in [2.45, 2.75) is 13.5 Å². The number of hydrogen-bond donors (Lipinski definition) is 1. The molecule has 2 aromatic rings. The first-order chi connectivity index (χ1) is 9.97. The number of benzene rings is 1. The van der Waals surface area contributed by atoms with E-state index in [1.807, 2.05) is 19.1 Å². The van der Waals surface area contributed by atoms with Crippen molar-refractivity contribution in [1.82, 2.24) is 10.3 Å². The van der Waals surface area contributed by atoms with Crippen LogP contribution in [0.2, 0.25) is 0 Å². The lowest BCUT2D eigenvalue weighted by Crippen LogP contribution is -2.23. The maximum Gasteiger partial charge on any atom is 0.304 e. The van der Waals surface area contributed by atoms with Crippen molar-refractivity contribution in [1.29, 1.82) is 0 Å². The summed E-state index contributed by atoms with van der Waals surface area (Å²) in [4.78, 5) is 25.7. The number of halogens is 1. The molecule has 1 heterocycles. The number of aromatic nitrogens is 1. The van der Waals surface area contributed by atoms with Gasteiger partial charge in [-0.15, -0.1) is 0 Å². The van der Waals surface area contributed by atoms with E-state index >= 15 is 0 Å². The van der Waals surface area contributed by atoms with Crippen LogP contribution in [0, 0.1) is 22.9 Å². The molecule has 7 heteroatoms.